The van der Waals surface area contributed by atoms with E-state index in [2.05, 4.69) is 22.6 Å². The summed E-state index contributed by atoms with van der Waals surface area (Å²) in [5.41, 5.74) is 2.98. The van der Waals surface area contributed by atoms with Gasteiger partial charge in [0.1, 0.15) is 0 Å². The minimum Gasteiger partial charge on any atom is -0.317 e. The molecule has 5 heteroatoms. The summed E-state index contributed by atoms with van der Waals surface area (Å²) >= 11 is 0. The van der Waals surface area contributed by atoms with Crippen molar-refractivity contribution in [2.45, 2.75) is 18.8 Å². The molecule has 104 valence electrons. The number of nitriles is 1. The molecule has 0 spiro atoms. The Bertz CT molecular complexity index is 591. The number of aromatic nitrogens is 2. The van der Waals surface area contributed by atoms with Crippen LogP contribution in [-0.2, 0) is 0 Å². The summed E-state index contributed by atoms with van der Waals surface area (Å²) in [6.45, 7) is 2.15. The van der Waals surface area contributed by atoms with Crippen LogP contribution in [0.25, 0.3) is 5.69 Å². The molecule has 2 heterocycles. The molecule has 1 fully saturated rings. The quantitative estimate of drug-likeness (QED) is 0.924. The fourth-order valence-electron chi connectivity index (χ4n) is 2.63. The molecule has 0 unspecified atom stereocenters. The number of hydrogen-bond donors (Lipinski definition) is 1. The van der Waals surface area contributed by atoms with Crippen LogP contribution in [0.4, 0.5) is 0 Å². The molecule has 0 aliphatic carbocycles. The zero-order valence-corrected chi connectivity index (χ0v) is 11.9. The van der Waals surface area contributed by atoms with E-state index in [1.807, 2.05) is 35.1 Å². The molecule has 1 saturated heterocycles. The second kappa shape index (κ2) is 6.56. The molecule has 0 radical (unpaired) electrons. The van der Waals surface area contributed by atoms with Gasteiger partial charge in [-0.25, -0.2) is 4.68 Å². The average molecular weight is 289 g/mol. The predicted molar refractivity (Wildman–Crippen MR) is 80.4 cm³/mol. The van der Waals surface area contributed by atoms with Crippen LogP contribution < -0.4 is 5.32 Å². The van der Waals surface area contributed by atoms with Crippen molar-refractivity contribution < 1.29 is 0 Å². The van der Waals surface area contributed by atoms with Crippen LogP contribution in [0.1, 0.15) is 30.0 Å². The van der Waals surface area contributed by atoms with Crippen LogP contribution >= 0.6 is 12.4 Å². The minimum absolute atomic E-state index is 0. The molecule has 1 aliphatic heterocycles. The second-order valence-electron chi connectivity index (χ2n) is 4.85. The zero-order chi connectivity index (χ0) is 13.1. The van der Waals surface area contributed by atoms with Gasteiger partial charge in [-0.3, -0.25) is 0 Å². The summed E-state index contributed by atoms with van der Waals surface area (Å²) in [5, 5.41) is 16.7. The molecule has 20 heavy (non-hydrogen) atoms. The fraction of sp³-hybridized carbons (Fsp3) is 0.333. The molecule has 1 aliphatic rings. The van der Waals surface area contributed by atoms with Gasteiger partial charge < -0.3 is 5.32 Å². The van der Waals surface area contributed by atoms with E-state index in [-0.39, 0.29) is 12.4 Å². The highest BCUT2D eigenvalue weighted by molar-refractivity contribution is 5.85. The molecule has 1 aromatic heterocycles. The van der Waals surface area contributed by atoms with Crippen molar-refractivity contribution >= 4 is 12.4 Å². The topological polar surface area (TPSA) is 53.6 Å². The molecule has 3 rings (SSSR count). The van der Waals surface area contributed by atoms with Crippen LogP contribution in [-0.4, -0.2) is 22.9 Å². The number of hydrogen-bond acceptors (Lipinski definition) is 3. The Morgan fingerprint density at radius 1 is 1.15 bits per heavy atom. The van der Waals surface area contributed by atoms with E-state index in [1.54, 1.807) is 0 Å². The minimum atomic E-state index is 0. The van der Waals surface area contributed by atoms with Gasteiger partial charge in [-0.15, -0.1) is 12.4 Å². The molecule has 1 N–H and O–H groups in total. The highest BCUT2D eigenvalue weighted by Gasteiger charge is 2.19. The van der Waals surface area contributed by atoms with Gasteiger partial charge in [0, 0.05) is 17.8 Å². The first-order valence-electron chi connectivity index (χ1n) is 6.63. The van der Waals surface area contributed by atoms with Gasteiger partial charge in [0.15, 0.2) is 0 Å². The van der Waals surface area contributed by atoms with E-state index < -0.39 is 0 Å². The van der Waals surface area contributed by atoms with Crippen molar-refractivity contribution in [1.82, 2.24) is 15.1 Å². The van der Waals surface area contributed by atoms with Crippen molar-refractivity contribution in [3.05, 3.63) is 47.8 Å². The van der Waals surface area contributed by atoms with Crippen LogP contribution in [0.3, 0.4) is 0 Å². The summed E-state index contributed by atoms with van der Waals surface area (Å²) in [7, 11) is 0. The maximum absolute atomic E-state index is 8.84. The largest absolute Gasteiger partial charge is 0.317 e. The van der Waals surface area contributed by atoms with Crippen molar-refractivity contribution in [2.24, 2.45) is 0 Å². The third-order valence-electron chi connectivity index (χ3n) is 3.67. The number of nitrogens with zero attached hydrogens (tertiary/aromatic N) is 3. The second-order valence-corrected chi connectivity index (χ2v) is 4.85. The van der Waals surface area contributed by atoms with E-state index in [0.717, 1.165) is 31.6 Å². The van der Waals surface area contributed by atoms with Gasteiger partial charge in [-0.05, 0) is 56.3 Å². The Kier molecular flexibility index (Phi) is 4.78. The van der Waals surface area contributed by atoms with E-state index in [0.29, 0.717) is 11.5 Å². The predicted octanol–water partition coefficient (Wildman–Crippen LogP) is 2.63. The molecule has 0 saturated carbocycles. The Morgan fingerprint density at radius 3 is 2.50 bits per heavy atom. The lowest BCUT2D eigenvalue weighted by molar-refractivity contribution is 0.446. The molecule has 1 aromatic carbocycles. The van der Waals surface area contributed by atoms with Gasteiger partial charge in [-0.2, -0.15) is 10.4 Å². The number of nitrogens with one attached hydrogen (secondary N) is 1. The molecule has 4 nitrogen and oxygen atoms in total. The summed E-state index contributed by atoms with van der Waals surface area (Å²) in [4.78, 5) is 0. The highest BCUT2D eigenvalue weighted by atomic mass is 35.5. The lowest BCUT2D eigenvalue weighted by Gasteiger charge is -2.23. The molecule has 2 aromatic rings. The highest BCUT2D eigenvalue weighted by Crippen LogP contribution is 2.26. The summed E-state index contributed by atoms with van der Waals surface area (Å²) in [6, 6.07) is 11.8. The summed E-state index contributed by atoms with van der Waals surface area (Å²) in [5.74, 6) is 0.569. The van der Waals surface area contributed by atoms with E-state index in [1.165, 1.54) is 5.69 Å². The lowest BCUT2D eigenvalue weighted by atomic mass is 9.94. The lowest BCUT2D eigenvalue weighted by Crippen LogP contribution is -2.27. The van der Waals surface area contributed by atoms with Gasteiger partial charge in [-0.1, -0.05) is 0 Å². The molecule has 0 amide bonds. The monoisotopic (exact) mass is 288 g/mol. The first-order chi connectivity index (χ1) is 9.38. The van der Waals surface area contributed by atoms with Crippen molar-refractivity contribution in [1.29, 1.82) is 5.26 Å². The maximum Gasteiger partial charge on any atom is 0.0991 e. The first kappa shape index (κ1) is 14.6. The summed E-state index contributed by atoms with van der Waals surface area (Å²) in [6.07, 6.45) is 4.17. The number of benzene rings is 1. The number of piperidine rings is 1. The first-order valence-corrected chi connectivity index (χ1v) is 6.63. The molecule has 0 atom stereocenters. The summed E-state index contributed by atoms with van der Waals surface area (Å²) < 4.78 is 2.00. The van der Waals surface area contributed by atoms with Crippen LogP contribution in [0, 0.1) is 11.3 Å². The fourth-order valence-corrected chi connectivity index (χ4v) is 2.63. The SMILES string of the molecule is Cl.N#Cc1ccc(-n2nccc2C2CCNCC2)cc1. The van der Waals surface area contributed by atoms with Crippen molar-refractivity contribution in [3.8, 4) is 11.8 Å². The van der Waals surface area contributed by atoms with E-state index >= 15 is 0 Å². The van der Waals surface area contributed by atoms with Crippen molar-refractivity contribution in [3.63, 3.8) is 0 Å². The average Bonchev–Trinajstić information content (AvgIpc) is 2.98. The smallest absolute Gasteiger partial charge is 0.0991 e. The van der Waals surface area contributed by atoms with Crippen LogP contribution in [0.2, 0.25) is 0 Å². The Hall–Kier alpha value is -1.83. The molecule has 0 bridgehead atoms. The zero-order valence-electron chi connectivity index (χ0n) is 11.1. The number of halogens is 1. The standard InChI is InChI=1S/C15H16N4.ClH/c16-11-12-1-3-14(4-2-12)19-15(7-10-18-19)13-5-8-17-9-6-13;/h1-4,7,10,13,17H,5-6,8-9H2;1H. The Morgan fingerprint density at radius 2 is 1.85 bits per heavy atom. The Balaban J connectivity index is 0.00000147. The van der Waals surface area contributed by atoms with Crippen LogP contribution in [0.15, 0.2) is 36.5 Å². The van der Waals surface area contributed by atoms with Crippen molar-refractivity contribution in [2.75, 3.05) is 13.1 Å². The van der Waals surface area contributed by atoms with Gasteiger partial charge in [0.05, 0.1) is 17.3 Å². The van der Waals surface area contributed by atoms with Gasteiger partial charge in [0.2, 0.25) is 0 Å². The Labute approximate surface area is 124 Å². The van der Waals surface area contributed by atoms with Crippen LogP contribution in [0.5, 0.6) is 0 Å². The number of rotatable bonds is 2. The van der Waals surface area contributed by atoms with Gasteiger partial charge >= 0.3 is 0 Å². The molecular weight excluding hydrogens is 272 g/mol. The third-order valence-corrected chi connectivity index (χ3v) is 3.67. The normalized spacial score (nSPS) is 15.3. The molecular formula is C15H17ClN4. The maximum atomic E-state index is 8.84. The van der Waals surface area contributed by atoms with E-state index in [4.69, 9.17) is 5.26 Å². The van der Waals surface area contributed by atoms with Gasteiger partial charge in [0.25, 0.3) is 0 Å². The third kappa shape index (κ3) is 2.84. The van der Waals surface area contributed by atoms with E-state index in [9.17, 15) is 0 Å².